The molecular formula is C6H7BrO3Si. The Hall–Kier alpha value is -0.203. The zero-order chi connectivity index (χ0) is 8.48. The van der Waals surface area contributed by atoms with Crippen LogP contribution in [0, 0.1) is 0 Å². The fraction of sp³-hybridized carbons (Fsp3) is 0. The van der Waals surface area contributed by atoms with Crippen molar-refractivity contribution in [3.8, 4) is 0 Å². The van der Waals surface area contributed by atoms with Crippen molar-refractivity contribution in [3.63, 3.8) is 0 Å². The summed E-state index contributed by atoms with van der Waals surface area (Å²) in [6.45, 7) is 0. The Labute approximate surface area is 73.4 Å². The zero-order valence-corrected chi connectivity index (χ0v) is 8.12. The molecule has 0 aliphatic heterocycles. The highest BCUT2D eigenvalue weighted by Gasteiger charge is 2.29. The van der Waals surface area contributed by atoms with Gasteiger partial charge in [-0.05, 0) is 12.1 Å². The normalized spacial score (nSPS) is 11.6. The summed E-state index contributed by atoms with van der Waals surface area (Å²) in [5.74, 6) is 0. The third kappa shape index (κ3) is 2.39. The van der Waals surface area contributed by atoms with Gasteiger partial charge in [-0.2, -0.15) is 0 Å². The molecule has 1 aromatic rings. The van der Waals surface area contributed by atoms with E-state index < -0.39 is 8.80 Å². The minimum Gasteiger partial charge on any atom is -0.386 e. The van der Waals surface area contributed by atoms with Crippen LogP contribution >= 0.6 is 15.9 Å². The summed E-state index contributed by atoms with van der Waals surface area (Å²) in [6, 6.07) is 6.21. The van der Waals surface area contributed by atoms with Crippen LogP contribution in [0.4, 0.5) is 0 Å². The summed E-state index contributed by atoms with van der Waals surface area (Å²) in [5.41, 5.74) is 0. The van der Waals surface area contributed by atoms with Gasteiger partial charge in [-0.15, -0.1) is 0 Å². The average molecular weight is 235 g/mol. The second-order valence-electron chi connectivity index (χ2n) is 2.14. The number of hydrogen-bond acceptors (Lipinski definition) is 3. The molecule has 3 nitrogen and oxygen atoms in total. The maximum Gasteiger partial charge on any atom is 0.528 e. The lowest BCUT2D eigenvalue weighted by Crippen LogP contribution is -2.48. The maximum atomic E-state index is 8.81. The smallest absolute Gasteiger partial charge is 0.386 e. The summed E-state index contributed by atoms with van der Waals surface area (Å²) >= 11 is 3.18. The molecule has 0 saturated carbocycles. The van der Waals surface area contributed by atoms with E-state index in [1.54, 1.807) is 12.1 Å². The Bertz CT molecular complexity index is 241. The van der Waals surface area contributed by atoms with Crippen molar-refractivity contribution in [3.05, 3.63) is 28.7 Å². The Kier molecular flexibility index (Phi) is 2.46. The zero-order valence-electron chi connectivity index (χ0n) is 5.53. The van der Waals surface area contributed by atoms with Gasteiger partial charge in [0.15, 0.2) is 0 Å². The van der Waals surface area contributed by atoms with Gasteiger partial charge < -0.3 is 14.4 Å². The van der Waals surface area contributed by atoms with E-state index in [0.29, 0.717) is 0 Å². The van der Waals surface area contributed by atoms with Gasteiger partial charge in [0.05, 0.1) is 0 Å². The standard InChI is InChI=1S/C6H7BrO3Si/c7-5-1-3-6(4-2-5)11(8,9)10/h1-4,8-10H. The average Bonchev–Trinajstić information content (AvgIpc) is 1.86. The number of rotatable bonds is 1. The van der Waals surface area contributed by atoms with Crippen LogP contribution in [0.2, 0.25) is 0 Å². The minimum absolute atomic E-state index is 0.181. The molecule has 3 N–H and O–H groups in total. The van der Waals surface area contributed by atoms with E-state index in [-0.39, 0.29) is 5.19 Å². The fourth-order valence-electron chi connectivity index (χ4n) is 0.673. The predicted molar refractivity (Wildman–Crippen MR) is 46.2 cm³/mol. The van der Waals surface area contributed by atoms with Gasteiger partial charge in [0.25, 0.3) is 0 Å². The first-order valence-corrected chi connectivity index (χ1v) is 5.57. The monoisotopic (exact) mass is 234 g/mol. The Morgan fingerprint density at radius 3 is 1.82 bits per heavy atom. The van der Waals surface area contributed by atoms with Gasteiger partial charge >= 0.3 is 8.80 Å². The second kappa shape index (κ2) is 3.04. The van der Waals surface area contributed by atoms with Crippen molar-refractivity contribution in [1.29, 1.82) is 0 Å². The van der Waals surface area contributed by atoms with Crippen molar-refractivity contribution in [2.45, 2.75) is 0 Å². The lowest BCUT2D eigenvalue weighted by atomic mass is 10.4. The van der Waals surface area contributed by atoms with Gasteiger partial charge in [0.1, 0.15) is 0 Å². The minimum atomic E-state index is -4.08. The van der Waals surface area contributed by atoms with E-state index >= 15 is 0 Å². The fourth-order valence-corrected chi connectivity index (χ4v) is 1.55. The van der Waals surface area contributed by atoms with Crippen molar-refractivity contribution in [2.75, 3.05) is 0 Å². The highest BCUT2D eigenvalue weighted by molar-refractivity contribution is 9.10. The molecule has 0 bridgehead atoms. The van der Waals surface area contributed by atoms with Crippen LogP contribution in [0.5, 0.6) is 0 Å². The van der Waals surface area contributed by atoms with Gasteiger partial charge in [0.2, 0.25) is 0 Å². The first-order chi connectivity index (χ1) is 5.00. The van der Waals surface area contributed by atoms with Gasteiger partial charge in [-0.3, -0.25) is 0 Å². The maximum absolute atomic E-state index is 8.81. The van der Waals surface area contributed by atoms with Crippen LogP contribution in [0.1, 0.15) is 0 Å². The van der Waals surface area contributed by atoms with Crippen LogP contribution in [0.25, 0.3) is 0 Å². The topological polar surface area (TPSA) is 60.7 Å². The van der Waals surface area contributed by atoms with Crippen molar-refractivity contribution in [2.24, 2.45) is 0 Å². The molecule has 1 rings (SSSR count). The summed E-state index contributed by atoms with van der Waals surface area (Å²) in [6.07, 6.45) is 0. The highest BCUT2D eigenvalue weighted by Crippen LogP contribution is 2.06. The molecule has 5 heteroatoms. The molecule has 1 aromatic carbocycles. The molecular weight excluding hydrogens is 228 g/mol. The summed E-state index contributed by atoms with van der Waals surface area (Å²) in [4.78, 5) is 26.4. The molecule has 0 aromatic heterocycles. The van der Waals surface area contributed by atoms with Crippen molar-refractivity contribution >= 4 is 29.9 Å². The first kappa shape index (κ1) is 8.89. The largest absolute Gasteiger partial charge is 0.528 e. The summed E-state index contributed by atoms with van der Waals surface area (Å²) in [5, 5.41) is 0.181. The number of halogens is 1. The van der Waals surface area contributed by atoms with Gasteiger partial charge in [-0.25, -0.2) is 0 Å². The Balaban J connectivity index is 2.99. The number of hydrogen-bond donors (Lipinski definition) is 3. The van der Waals surface area contributed by atoms with Crippen molar-refractivity contribution in [1.82, 2.24) is 0 Å². The number of benzene rings is 1. The predicted octanol–water partition coefficient (Wildman–Crippen LogP) is -0.428. The third-order valence-electron chi connectivity index (χ3n) is 1.23. The van der Waals surface area contributed by atoms with E-state index in [1.165, 1.54) is 12.1 Å². The molecule has 0 aliphatic rings. The van der Waals surface area contributed by atoms with Crippen LogP contribution in [-0.4, -0.2) is 23.2 Å². The van der Waals surface area contributed by atoms with E-state index in [9.17, 15) is 0 Å². The lowest BCUT2D eigenvalue weighted by molar-refractivity contribution is 0.249. The van der Waals surface area contributed by atoms with E-state index in [1.807, 2.05) is 0 Å². The molecule has 0 aliphatic carbocycles. The van der Waals surface area contributed by atoms with Crippen LogP contribution in [0.15, 0.2) is 28.7 Å². The molecule has 0 fully saturated rings. The molecule has 11 heavy (non-hydrogen) atoms. The molecule has 0 heterocycles. The Morgan fingerprint density at radius 1 is 1.00 bits per heavy atom. The molecule has 0 amide bonds. The molecule has 60 valence electrons. The van der Waals surface area contributed by atoms with Gasteiger partial charge in [0, 0.05) is 9.66 Å². The van der Waals surface area contributed by atoms with Crippen LogP contribution in [0.3, 0.4) is 0 Å². The molecule has 0 unspecified atom stereocenters. The molecule has 0 saturated heterocycles. The molecule has 0 radical (unpaired) electrons. The second-order valence-corrected chi connectivity index (χ2v) is 4.91. The van der Waals surface area contributed by atoms with E-state index in [0.717, 1.165) is 4.47 Å². The van der Waals surface area contributed by atoms with Crippen molar-refractivity contribution < 1.29 is 14.4 Å². The van der Waals surface area contributed by atoms with Crippen LogP contribution in [-0.2, 0) is 0 Å². The third-order valence-corrected chi connectivity index (χ3v) is 2.87. The SMILES string of the molecule is O[Si](O)(O)c1ccc(Br)cc1. The Morgan fingerprint density at radius 2 is 1.45 bits per heavy atom. The first-order valence-electron chi connectivity index (χ1n) is 2.93. The molecule has 0 spiro atoms. The van der Waals surface area contributed by atoms with E-state index in [4.69, 9.17) is 14.4 Å². The van der Waals surface area contributed by atoms with E-state index in [2.05, 4.69) is 15.9 Å². The van der Waals surface area contributed by atoms with Gasteiger partial charge in [-0.1, -0.05) is 28.1 Å². The summed E-state index contributed by atoms with van der Waals surface area (Å²) in [7, 11) is -4.08. The highest BCUT2D eigenvalue weighted by atomic mass is 79.9. The summed E-state index contributed by atoms with van der Waals surface area (Å²) < 4.78 is 0.833. The lowest BCUT2D eigenvalue weighted by Gasteiger charge is -2.08. The van der Waals surface area contributed by atoms with Crippen LogP contribution < -0.4 is 5.19 Å². The molecule has 0 atom stereocenters. The quantitative estimate of drug-likeness (QED) is 0.579.